The normalized spacial score (nSPS) is 12.1. The summed E-state index contributed by atoms with van der Waals surface area (Å²) in [7, 11) is 0. The molecule has 0 aliphatic carbocycles. The maximum Gasteiger partial charge on any atom is 0.117 e. The second kappa shape index (κ2) is 9.43. The van der Waals surface area contributed by atoms with Crippen molar-refractivity contribution in [2.24, 2.45) is 0 Å². The predicted molar refractivity (Wildman–Crippen MR) is 123 cm³/mol. The smallest absolute Gasteiger partial charge is 0.117 e. The molecule has 1 atom stereocenters. The molecule has 3 aromatic carbocycles. The third-order valence-electron chi connectivity index (χ3n) is 4.97. The Labute approximate surface area is 186 Å². The topological polar surface area (TPSA) is 42.7 Å². The Hall–Kier alpha value is -2.66. The van der Waals surface area contributed by atoms with Crippen molar-refractivity contribution in [1.29, 1.82) is 0 Å². The first-order valence-electron chi connectivity index (χ1n) is 9.82. The van der Waals surface area contributed by atoms with Crippen LogP contribution in [0.4, 0.5) is 0 Å². The van der Waals surface area contributed by atoms with Gasteiger partial charge in [-0.05, 0) is 30.2 Å². The molecular formula is C24H22Cl2N4. The second-order valence-electron chi connectivity index (χ2n) is 7.14. The van der Waals surface area contributed by atoms with Crippen LogP contribution < -0.4 is 5.32 Å². The van der Waals surface area contributed by atoms with Crippen LogP contribution in [0.15, 0.2) is 78.9 Å². The number of hydrogen-bond acceptors (Lipinski definition) is 3. The summed E-state index contributed by atoms with van der Waals surface area (Å²) >= 11 is 12.4. The van der Waals surface area contributed by atoms with Crippen molar-refractivity contribution in [2.45, 2.75) is 26.1 Å². The Morgan fingerprint density at radius 1 is 0.900 bits per heavy atom. The molecule has 0 bridgehead atoms. The molecule has 0 saturated carbocycles. The molecule has 4 aromatic rings. The lowest BCUT2D eigenvalue weighted by molar-refractivity contribution is 0.547. The van der Waals surface area contributed by atoms with E-state index in [4.69, 9.17) is 33.4 Å². The van der Waals surface area contributed by atoms with Crippen LogP contribution in [0.5, 0.6) is 0 Å². The molecular weight excluding hydrogens is 415 g/mol. The van der Waals surface area contributed by atoms with Gasteiger partial charge in [0.2, 0.25) is 0 Å². The fourth-order valence-electron chi connectivity index (χ4n) is 3.30. The van der Waals surface area contributed by atoms with E-state index in [2.05, 4.69) is 36.5 Å². The van der Waals surface area contributed by atoms with Crippen molar-refractivity contribution >= 4 is 23.2 Å². The van der Waals surface area contributed by atoms with Crippen molar-refractivity contribution < 1.29 is 0 Å². The highest BCUT2D eigenvalue weighted by Gasteiger charge is 2.15. The fraction of sp³-hybridized carbons (Fsp3) is 0.167. The van der Waals surface area contributed by atoms with Gasteiger partial charge in [0.15, 0.2) is 0 Å². The highest BCUT2D eigenvalue weighted by Crippen LogP contribution is 2.24. The molecule has 0 aliphatic heterocycles. The van der Waals surface area contributed by atoms with Crippen LogP contribution in [0.3, 0.4) is 0 Å². The van der Waals surface area contributed by atoms with Gasteiger partial charge in [0.05, 0.1) is 6.54 Å². The van der Waals surface area contributed by atoms with Gasteiger partial charge >= 0.3 is 0 Å². The summed E-state index contributed by atoms with van der Waals surface area (Å²) in [5.41, 5.74) is 4.96. The molecule has 0 fully saturated rings. The lowest BCUT2D eigenvalue weighted by atomic mass is 10.1. The van der Waals surface area contributed by atoms with Gasteiger partial charge in [0, 0.05) is 28.2 Å². The Morgan fingerprint density at radius 3 is 2.30 bits per heavy atom. The van der Waals surface area contributed by atoms with Gasteiger partial charge in [-0.3, -0.25) is 0 Å². The van der Waals surface area contributed by atoms with Gasteiger partial charge in [0.1, 0.15) is 11.4 Å². The van der Waals surface area contributed by atoms with E-state index in [0.29, 0.717) is 23.1 Å². The first-order valence-corrected chi connectivity index (χ1v) is 10.6. The highest BCUT2D eigenvalue weighted by atomic mass is 35.5. The van der Waals surface area contributed by atoms with Crippen LogP contribution >= 0.6 is 23.2 Å². The van der Waals surface area contributed by atoms with E-state index >= 15 is 0 Å². The molecule has 0 amide bonds. The molecule has 4 rings (SSSR count). The third-order valence-corrected chi connectivity index (χ3v) is 5.56. The van der Waals surface area contributed by atoms with Crippen LogP contribution in [0, 0.1) is 0 Å². The zero-order chi connectivity index (χ0) is 20.9. The van der Waals surface area contributed by atoms with Crippen molar-refractivity contribution in [3.05, 3.63) is 106 Å². The van der Waals surface area contributed by atoms with E-state index in [9.17, 15) is 0 Å². The van der Waals surface area contributed by atoms with Crippen LogP contribution in [0.1, 0.15) is 29.8 Å². The summed E-state index contributed by atoms with van der Waals surface area (Å²) in [6.07, 6.45) is 0. The summed E-state index contributed by atoms with van der Waals surface area (Å²) in [4.78, 5) is 1.70. The lowest BCUT2D eigenvalue weighted by Crippen LogP contribution is -2.19. The number of benzene rings is 3. The van der Waals surface area contributed by atoms with E-state index in [1.54, 1.807) is 10.9 Å². The maximum absolute atomic E-state index is 6.35. The van der Waals surface area contributed by atoms with E-state index in [1.807, 2.05) is 48.5 Å². The molecule has 30 heavy (non-hydrogen) atoms. The first-order chi connectivity index (χ1) is 14.6. The number of nitrogens with zero attached hydrogens (tertiary/aromatic N) is 3. The second-order valence-corrected chi connectivity index (χ2v) is 7.98. The zero-order valence-electron chi connectivity index (χ0n) is 16.6. The average molecular weight is 437 g/mol. The van der Waals surface area contributed by atoms with E-state index in [0.717, 1.165) is 22.5 Å². The summed E-state index contributed by atoms with van der Waals surface area (Å²) in [5, 5.41) is 14.3. The molecule has 1 N–H and O–H groups in total. The summed E-state index contributed by atoms with van der Waals surface area (Å²) in [5.74, 6) is 0. The van der Waals surface area contributed by atoms with Gasteiger partial charge in [-0.1, -0.05) is 89.9 Å². The van der Waals surface area contributed by atoms with E-state index in [1.165, 1.54) is 5.56 Å². The van der Waals surface area contributed by atoms with Gasteiger partial charge < -0.3 is 5.32 Å². The first kappa shape index (κ1) is 20.6. The minimum absolute atomic E-state index is 0.200. The number of hydrogen-bond donors (Lipinski definition) is 1. The van der Waals surface area contributed by atoms with Crippen LogP contribution in [0.2, 0.25) is 10.0 Å². The van der Waals surface area contributed by atoms with Gasteiger partial charge in [-0.25, -0.2) is 0 Å². The Balaban J connectivity index is 1.59. The molecule has 0 aliphatic rings. The largest absolute Gasteiger partial charge is 0.304 e. The Kier molecular flexibility index (Phi) is 6.48. The van der Waals surface area contributed by atoms with Gasteiger partial charge in [0.25, 0.3) is 0 Å². The molecule has 6 heteroatoms. The van der Waals surface area contributed by atoms with Crippen molar-refractivity contribution in [1.82, 2.24) is 20.3 Å². The standard InChI is InChI=1S/C24H22Cl2N4/c1-17(18-8-4-2-5-9-18)27-15-23-24(19-10-6-3-7-11-19)29-30(28-23)16-20-12-13-21(25)14-22(20)26/h2-14,17,27H,15-16H2,1H3/t17-/m0/s1. The van der Waals surface area contributed by atoms with Crippen molar-refractivity contribution in [2.75, 3.05) is 0 Å². The predicted octanol–water partition coefficient (Wildman–Crippen LogP) is 6.15. The summed E-state index contributed by atoms with van der Waals surface area (Å²) in [6, 6.07) is 26.2. The number of rotatable bonds is 7. The minimum Gasteiger partial charge on any atom is -0.304 e. The summed E-state index contributed by atoms with van der Waals surface area (Å²) in [6.45, 7) is 3.23. The Morgan fingerprint density at radius 2 is 1.60 bits per heavy atom. The fourth-order valence-corrected chi connectivity index (χ4v) is 3.77. The van der Waals surface area contributed by atoms with E-state index < -0.39 is 0 Å². The average Bonchev–Trinajstić information content (AvgIpc) is 3.18. The molecule has 0 saturated heterocycles. The molecule has 0 spiro atoms. The number of nitrogens with one attached hydrogen (secondary N) is 1. The highest BCUT2D eigenvalue weighted by molar-refractivity contribution is 6.35. The lowest BCUT2D eigenvalue weighted by Gasteiger charge is -2.13. The van der Waals surface area contributed by atoms with Crippen LogP contribution in [-0.2, 0) is 13.1 Å². The van der Waals surface area contributed by atoms with E-state index in [-0.39, 0.29) is 6.04 Å². The number of halogens is 2. The molecule has 0 radical (unpaired) electrons. The monoisotopic (exact) mass is 436 g/mol. The number of aromatic nitrogens is 3. The van der Waals surface area contributed by atoms with Gasteiger partial charge in [-0.2, -0.15) is 15.0 Å². The molecule has 152 valence electrons. The van der Waals surface area contributed by atoms with Crippen LogP contribution in [0.25, 0.3) is 11.3 Å². The maximum atomic E-state index is 6.35. The molecule has 0 unspecified atom stereocenters. The van der Waals surface area contributed by atoms with Crippen molar-refractivity contribution in [3.8, 4) is 11.3 Å². The van der Waals surface area contributed by atoms with Crippen LogP contribution in [-0.4, -0.2) is 15.0 Å². The molecule has 1 heterocycles. The summed E-state index contributed by atoms with van der Waals surface area (Å²) < 4.78 is 0. The minimum atomic E-state index is 0.200. The van der Waals surface area contributed by atoms with Crippen molar-refractivity contribution in [3.63, 3.8) is 0 Å². The third kappa shape index (κ3) is 4.90. The molecule has 1 aromatic heterocycles. The SMILES string of the molecule is C[C@H](NCc1nn(Cc2ccc(Cl)cc2Cl)nc1-c1ccccc1)c1ccccc1. The molecule has 4 nitrogen and oxygen atoms in total. The zero-order valence-corrected chi connectivity index (χ0v) is 18.1. The van der Waals surface area contributed by atoms with Gasteiger partial charge in [-0.15, -0.1) is 0 Å². The quantitative estimate of drug-likeness (QED) is 0.377. The Bertz CT molecular complexity index is 1110.